The molecule has 0 saturated carbocycles. The predicted molar refractivity (Wildman–Crippen MR) is 92.8 cm³/mol. The number of Topliss-reactive ketones (excluding diaryl/α,β-unsaturated/α-hetero) is 1. The lowest BCUT2D eigenvalue weighted by Crippen LogP contribution is -2.35. The SMILES string of the molecule is Cc1c(C(=O)CN(C)c2ccc(F)cc2)[n+](=O)c2ccccc2n1[O-]. The molecule has 0 spiro atoms. The van der Waals surface area contributed by atoms with Crippen molar-refractivity contribution >= 4 is 22.5 Å². The molecule has 0 aliphatic carbocycles. The van der Waals surface area contributed by atoms with Crippen LogP contribution in [-0.4, -0.2) is 24.1 Å². The molecule has 3 aromatic rings. The van der Waals surface area contributed by atoms with Crippen LogP contribution >= 0.6 is 0 Å². The van der Waals surface area contributed by atoms with E-state index in [9.17, 15) is 19.3 Å². The van der Waals surface area contributed by atoms with E-state index in [2.05, 4.69) is 0 Å². The first-order valence-corrected chi connectivity index (χ1v) is 7.64. The molecule has 25 heavy (non-hydrogen) atoms. The van der Waals surface area contributed by atoms with E-state index in [0.717, 1.165) is 0 Å². The van der Waals surface area contributed by atoms with Crippen molar-refractivity contribution in [1.82, 2.24) is 4.73 Å². The van der Waals surface area contributed by atoms with Crippen molar-refractivity contribution in [2.75, 3.05) is 18.5 Å². The van der Waals surface area contributed by atoms with E-state index >= 15 is 0 Å². The van der Waals surface area contributed by atoms with Crippen LogP contribution < -0.4 is 9.33 Å². The molecule has 0 fully saturated rings. The Morgan fingerprint density at radius 2 is 1.84 bits per heavy atom. The first-order chi connectivity index (χ1) is 11.9. The minimum Gasteiger partial charge on any atom is -0.805 e. The van der Waals surface area contributed by atoms with Crippen molar-refractivity contribution in [3.8, 4) is 0 Å². The van der Waals surface area contributed by atoms with Crippen molar-refractivity contribution in [3.05, 3.63) is 75.9 Å². The third kappa shape index (κ3) is 2.96. The molecule has 1 heterocycles. The highest BCUT2D eigenvalue weighted by molar-refractivity contribution is 5.98. The van der Waals surface area contributed by atoms with Crippen molar-refractivity contribution in [1.29, 1.82) is 0 Å². The Morgan fingerprint density at radius 1 is 1.20 bits per heavy atom. The van der Waals surface area contributed by atoms with Crippen molar-refractivity contribution in [2.24, 2.45) is 0 Å². The Balaban J connectivity index is 2.00. The molecule has 0 atom stereocenters. The number of anilines is 1. The van der Waals surface area contributed by atoms with E-state index in [0.29, 0.717) is 14.8 Å². The summed E-state index contributed by atoms with van der Waals surface area (Å²) in [7, 11) is 1.65. The number of carbonyl (C=O) groups excluding carboxylic acids is 1. The molecule has 3 rings (SSSR count). The summed E-state index contributed by atoms with van der Waals surface area (Å²) >= 11 is 0. The minimum atomic E-state index is -0.491. The van der Waals surface area contributed by atoms with E-state index in [4.69, 9.17) is 0 Å². The Labute approximate surface area is 142 Å². The van der Waals surface area contributed by atoms with Gasteiger partial charge in [0.1, 0.15) is 11.3 Å². The van der Waals surface area contributed by atoms with E-state index in [1.807, 2.05) is 0 Å². The number of ketones is 1. The number of halogens is 1. The Kier molecular flexibility index (Phi) is 4.22. The third-order valence-corrected chi connectivity index (χ3v) is 4.08. The smallest absolute Gasteiger partial charge is 0.326 e. The lowest BCUT2D eigenvalue weighted by Gasteiger charge is -2.19. The molecular weight excluding hydrogens is 325 g/mol. The zero-order valence-electron chi connectivity index (χ0n) is 13.8. The van der Waals surface area contributed by atoms with Crippen LogP contribution in [0.15, 0.2) is 48.5 Å². The number of fused-ring (bicyclic) bond motifs is 1. The third-order valence-electron chi connectivity index (χ3n) is 4.08. The van der Waals surface area contributed by atoms with E-state index in [1.54, 1.807) is 24.1 Å². The van der Waals surface area contributed by atoms with Gasteiger partial charge in [-0.2, -0.15) is 0 Å². The molecule has 0 unspecified atom stereocenters. The van der Waals surface area contributed by atoms with Gasteiger partial charge >= 0.3 is 5.69 Å². The summed E-state index contributed by atoms with van der Waals surface area (Å²) in [6, 6.07) is 12.0. The zero-order valence-corrected chi connectivity index (χ0v) is 13.8. The molecular formula is C18H16FN3O3. The first-order valence-electron chi connectivity index (χ1n) is 7.64. The molecule has 0 amide bonds. The van der Waals surface area contributed by atoms with E-state index < -0.39 is 5.78 Å². The van der Waals surface area contributed by atoms with Crippen LogP contribution in [-0.2, 0) is 0 Å². The number of nitrogens with zero attached hydrogens (tertiary/aromatic N) is 3. The fourth-order valence-corrected chi connectivity index (χ4v) is 2.74. The number of hydrogen-bond donors (Lipinski definition) is 0. The second kappa shape index (κ2) is 6.35. The van der Waals surface area contributed by atoms with Gasteiger partial charge in [0.05, 0.1) is 16.7 Å². The van der Waals surface area contributed by atoms with Crippen molar-refractivity contribution in [3.63, 3.8) is 0 Å². The van der Waals surface area contributed by atoms with Crippen LogP contribution in [0.3, 0.4) is 0 Å². The molecule has 6 nitrogen and oxygen atoms in total. The normalized spacial score (nSPS) is 10.8. The van der Waals surface area contributed by atoms with Crippen molar-refractivity contribution in [2.45, 2.75) is 6.92 Å². The van der Waals surface area contributed by atoms with Crippen LogP contribution in [0.1, 0.15) is 16.2 Å². The highest BCUT2D eigenvalue weighted by Gasteiger charge is 2.27. The molecule has 0 radical (unpaired) electrons. The average Bonchev–Trinajstić information content (AvgIpc) is 2.60. The van der Waals surface area contributed by atoms with E-state index in [1.165, 1.54) is 43.3 Å². The molecule has 0 bridgehead atoms. The quantitative estimate of drug-likeness (QED) is 0.540. The van der Waals surface area contributed by atoms with Crippen molar-refractivity contribution < 1.29 is 13.6 Å². The summed E-state index contributed by atoms with van der Waals surface area (Å²) in [5.41, 5.74) is 0.823. The maximum atomic E-state index is 13.0. The number of benzene rings is 2. The summed E-state index contributed by atoms with van der Waals surface area (Å²) in [6.45, 7) is 1.33. The van der Waals surface area contributed by atoms with Gasteiger partial charge in [0, 0.05) is 23.7 Å². The number of aromatic nitrogens is 2. The van der Waals surface area contributed by atoms with Crippen LogP contribution in [0, 0.1) is 22.9 Å². The Hall–Kier alpha value is -3.22. The lowest BCUT2D eigenvalue weighted by atomic mass is 10.2. The molecule has 2 aromatic carbocycles. The van der Waals surface area contributed by atoms with Gasteiger partial charge in [0.15, 0.2) is 0 Å². The molecule has 0 saturated heterocycles. The Morgan fingerprint density at radius 3 is 2.52 bits per heavy atom. The number of rotatable bonds is 4. The fourth-order valence-electron chi connectivity index (χ4n) is 2.74. The van der Waals surface area contributed by atoms with Crippen LogP contribution in [0.5, 0.6) is 0 Å². The highest BCUT2D eigenvalue weighted by atomic mass is 19.1. The summed E-state index contributed by atoms with van der Waals surface area (Å²) < 4.78 is 14.1. The first kappa shape index (κ1) is 16.6. The number of hydrogen-bond acceptors (Lipinski definition) is 4. The van der Waals surface area contributed by atoms with Gasteiger partial charge in [0.25, 0.3) is 11.3 Å². The lowest BCUT2D eigenvalue weighted by molar-refractivity contribution is -0.468. The molecule has 1 aromatic heterocycles. The van der Waals surface area contributed by atoms with Gasteiger partial charge in [-0.1, -0.05) is 12.1 Å². The molecule has 0 N–H and O–H groups in total. The number of carbonyl (C=O) groups is 1. The molecule has 0 aliphatic heterocycles. The zero-order chi connectivity index (χ0) is 18.1. The number of para-hydroxylation sites is 2. The van der Waals surface area contributed by atoms with Gasteiger partial charge in [-0.15, -0.1) is 0 Å². The molecule has 128 valence electrons. The standard InChI is InChI=1S/C18H16FN3O3/c1-12-18(22(25)16-6-4-3-5-15(16)21(12)24)17(23)11-20(2)14-9-7-13(19)8-10-14/h3-10H,11H2,1-2H3. The molecule has 0 aliphatic rings. The maximum Gasteiger partial charge on any atom is 0.326 e. The van der Waals surface area contributed by atoms with Gasteiger partial charge in [-0.25, -0.2) is 4.39 Å². The van der Waals surface area contributed by atoms with Gasteiger partial charge in [-0.3, -0.25) is 4.79 Å². The maximum absolute atomic E-state index is 13.0. The Bertz CT molecular complexity index is 1010. The predicted octanol–water partition coefficient (Wildman–Crippen LogP) is 2.67. The summed E-state index contributed by atoms with van der Waals surface area (Å²) in [5.74, 6) is -0.867. The monoisotopic (exact) mass is 341 g/mol. The largest absolute Gasteiger partial charge is 0.805 e. The van der Waals surface area contributed by atoms with Gasteiger partial charge in [0.2, 0.25) is 0 Å². The van der Waals surface area contributed by atoms with Crippen LogP contribution in [0.2, 0.25) is 0 Å². The summed E-state index contributed by atoms with van der Waals surface area (Å²) in [6.07, 6.45) is 0. The molecule has 7 heteroatoms. The second-order valence-electron chi connectivity index (χ2n) is 5.77. The average molecular weight is 341 g/mol. The van der Waals surface area contributed by atoms with Gasteiger partial charge < -0.3 is 14.8 Å². The van der Waals surface area contributed by atoms with Crippen LogP contribution in [0.4, 0.5) is 10.1 Å². The van der Waals surface area contributed by atoms with Crippen LogP contribution in [0.25, 0.3) is 11.0 Å². The minimum absolute atomic E-state index is 0.0474. The second-order valence-corrected chi connectivity index (χ2v) is 5.77. The summed E-state index contributed by atoms with van der Waals surface area (Å²) in [5, 5.41) is 12.4. The highest BCUT2D eigenvalue weighted by Crippen LogP contribution is 2.16. The summed E-state index contributed by atoms with van der Waals surface area (Å²) in [4.78, 5) is 26.8. The van der Waals surface area contributed by atoms with E-state index in [-0.39, 0.29) is 34.8 Å². The number of likely N-dealkylation sites (N-methyl/N-ethyl adjacent to an activating group) is 1. The topological polar surface area (TPSA) is 71.3 Å². The van der Waals surface area contributed by atoms with Gasteiger partial charge in [-0.05, 0) is 37.3 Å². The fraction of sp³-hybridized carbons (Fsp3) is 0.167.